The highest BCUT2D eigenvalue weighted by Crippen LogP contribution is 2.27. The van der Waals surface area contributed by atoms with Crippen molar-refractivity contribution in [2.24, 2.45) is 5.92 Å². The number of nitrogens with zero attached hydrogens (tertiary/aromatic N) is 5. The summed E-state index contributed by atoms with van der Waals surface area (Å²) in [5, 5.41) is 18.0. The first-order valence-corrected chi connectivity index (χ1v) is 10.1. The Balaban J connectivity index is 1.45. The van der Waals surface area contributed by atoms with Crippen molar-refractivity contribution >= 4 is 28.6 Å². The largest absolute Gasteiger partial charge is 0.465 e. The third-order valence-electron chi connectivity index (χ3n) is 5.26. The van der Waals surface area contributed by atoms with Gasteiger partial charge in [-0.3, -0.25) is 9.48 Å². The molecule has 0 spiro atoms. The second kappa shape index (κ2) is 8.60. The number of hydrogen-bond donors (Lipinski definition) is 2. The zero-order valence-corrected chi connectivity index (χ0v) is 16.5. The van der Waals surface area contributed by atoms with Crippen LogP contribution in [0.1, 0.15) is 32.6 Å². The van der Waals surface area contributed by atoms with Crippen LogP contribution in [0.2, 0.25) is 0 Å². The van der Waals surface area contributed by atoms with Gasteiger partial charge in [-0.15, -0.1) is 0 Å². The van der Waals surface area contributed by atoms with Gasteiger partial charge in [0.1, 0.15) is 12.2 Å². The molecule has 0 radical (unpaired) electrons. The number of ether oxygens (including phenoxy) is 1. The first-order valence-electron chi connectivity index (χ1n) is 10.1. The molecule has 2 N–H and O–H groups in total. The Morgan fingerprint density at radius 2 is 2.14 bits per heavy atom. The van der Waals surface area contributed by atoms with Gasteiger partial charge in [0.05, 0.1) is 24.6 Å². The van der Waals surface area contributed by atoms with E-state index in [2.05, 4.69) is 25.0 Å². The monoisotopic (exact) mass is 398 g/mol. The Morgan fingerprint density at radius 1 is 1.31 bits per heavy atom. The molecule has 4 rings (SSSR count). The number of hydrogen-bond acceptors (Lipinski definition) is 7. The van der Waals surface area contributed by atoms with E-state index >= 15 is 0 Å². The molecule has 1 saturated carbocycles. The zero-order chi connectivity index (χ0) is 20.2. The number of esters is 1. The molecule has 0 amide bonds. The Bertz CT molecular complexity index is 974. The summed E-state index contributed by atoms with van der Waals surface area (Å²) in [4.78, 5) is 20.6. The summed E-state index contributed by atoms with van der Waals surface area (Å²) in [5.41, 5.74) is 1.58. The Hall–Kier alpha value is -2.94. The fourth-order valence-electron chi connectivity index (χ4n) is 3.77. The van der Waals surface area contributed by atoms with Crippen molar-refractivity contribution in [2.75, 3.05) is 11.9 Å². The van der Waals surface area contributed by atoms with Crippen molar-refractivity contribution in [1.29, 1.82) is 0 Å². The lowest BCUT2D eigenvalue weighted by atomic mass is 9.87. The number of carbonyl (C=O) groups is 1. The van der Waals surface area contributed by atoms with Gasteiger partial charge in [0, 0.05) is 30.5 Å². The maximum Gasteiger partial charge on any atom is 0.327 e. The predicted molar refractivity (Wildman–Crippen MR) is 108 cm³/mol. The molecule has 0 atom stereocenters. The molecule has 0 saturated heterocycles. The number of anilines is 2. The maximum atomic E-state index is 11.6. The van der Waals surface area contributed by atoms with Crippen molar-refractivity contribution < 1.29 is 14.6 Å². The van der Waals surface area contributed by atoms with Crippen molar-refractivity contribution in [3.8, 4) is 0 Å². The molecule has 1 aliphatic rings. The fraction of sp³-hybridized carbons (Fsp3) is 0.500. The summed E-state index contributed by atoms with van der Waals surface area (Å²) in [6, 6.07) is 2.02. The molecular formula is C20H26N6O3. The minimum absolute atomic E-state index is 0.0638. The standard InChI is InChI=1S/C20H26N6O3/c1-2-29-18(28)13-26-12-16(10-22-26)23-20-21-9-15-7-8-25(19(15)24-20)11-14-3-5-17(27)6-4-14/h7-10,12,14,17,27H,2-6,11,13H2,1H3,(H,21,23,24). The van der Waals surface area contributed by atoms with Crippen LogP contribution < -0.4 is 5.32 Å². The number of aliphatic hydroxyl groups is 1. The molecule has 3 heterocycles. The Kier molecular flexibility index (Phi) is 5.75. The van der Waals surface area contributed by atoms with Crippen LogP contribution >= 0.6 is 0 Å². The molecule has 154 valence electrons. The topological polar surface area (TPSA) is 107 Å². The smallest absolute Gasteiger partial charge is 0.327 e. The van der Waals surface area contributed by atoms with Gasteiger partial charge in [0.15, 0.2) is 0 Å². The van der Waals surface area contributed by atoms with Crippen LogP contribution in [0, 0.1) is 5.92 Å². The molecule has 9 heteroatoms. The van der Waals surface area contributed by atoms with Gasteiger partial charge in [0.25, 0.3) is 0 Å². The third kappa shape index (κ3) is 4.73. The van der Waals surface area contributed by atoms with Crippen molar-refractivity contribution in [2.45, 2.75) is 51.8 Å². The molecule has 0 unspecified atom stereocenters. The normalized spacial score (nSPS) is 19.4. The highest BCUT2D eigenvalue weighted by atomic mass is 16.5. The number of rotatable bonds is 7. The molecule has 3 aromatic rings. The molecule has 1 fully saturated rings. The number of carbonyl (C=O) groups excluding carboxylic acids is 1. The minimum Gasteiger partial charge on any atom is -0.465 e. The van der Waals surface area contributed by atoms with Gasteiger partial charge in [-0.05, 0) is 44.6 Å². The van der Waals surface area contributed by atoms with E-state index < -0.39 is 0 Å². The minimum atomic E-state index is -0.326. The van der Waals surface area contributed by atoms with E-state index in [1.54, 1.807) is 25.5 Å². The van der Waals surface area contributed by atoms with E-state index in [1.165, 1.54) is 4.68 Å². The SMILES string of the molecule is CCOC(=O)Cn1cc(Nc2ncc3ccn(CC4CCC(O)CC4)c3n2)cn1. The Labute approximate surface area is 168 Å². The second-order valence-corrected chi connectivity index (χ2v) is 7.47. The number of aliphatic hydroxyl groups excluding tert-OH is 1. The van der Waals surface area contributed by atoms with Gasteiger partial charge in [0.2, 0.25) is 5.95 Å². The summed E-state index contributed by atoms with van der Waals surface area (Å²) in [5.74, 6) is 0.710. The molecule has 0 aliphatic heterocycles. The molecule has 0 bridgehead atoms. The molecule has 29 heavy (non-hydrogen) atoms. The molecule has 3 aromatic heterocycles. The van der Waals surface area contributed by atoms with Crippen molar-refractivity contribution in [1.82, 2.24) is 24.3 Å². The summed E-state index contributed by atoms with van der Waals surface area (Å²) < 4.78 is 8.61. The van der Waals surface area contributed by atoms with Gasteiger partial charge in [-0.1, -0.05) is 0 Å². The lowest BCUT2D eigenvalue weighted by Crippen LogP contribution is -2.21. The van der Waals surface area contributed by atoms with Crippen LogP contribution in [0.15, 0.2) is 30.9 Å². The average Bonchev–Trinajstić information content (AvgIpc) is 3.31. The van der Waals surface area contributed by atoms with Crippen molar-refractivity contribution in [3.05, 3.63) is 30.9 Å². The molecule has 0 aromatic carbocycles. The first kappa shape index (κ1) is 19.4. The molecule has 9 nitrogen and oxygen atoms in total. The van der Waals surface area contributed by atoms with Crippen LogP contribution in [0.3, 0.4) is 0 Å². The Morgan fingerprint density at radius 3 is 2.93 bits per heavy atom. The molecule has 1 aliphatic carbocycles. The lowest BCUT2D eigenvalue weighted by molar-refractivity contribution is -0.144. The molecular weight excluding hydrogens is 372 g/mol. The second-order valence-electron chi connectivity index (χ2n) is 7.47. The van der Waals surface area contributed by atoms with Gasteiger partial charge in [-0.25, -0.2) is 4.98 Å². The average molecular weight is 398 g/mol. The lowest BCUT2D eigenvalue weighted by Gasteiger charge is -2.25. The van der Waals surface area contributed by atoms with Gasteiger partial charge < -0.3 is 19.7 Å². The first-order chi connectivity index (χ1) is 14.1. The summed E-state index contributed by atoms with van der Waals surface area (Å²) in [6.07, 6.45) is 10.9. The summed E-state index contributed by atoms with van der Waals surface area (Å²) in [6.45, 7) is 3.08. The quantitative estimate of drug-likeness (QED) is 0.589. The van der Waals surface area contributed by atoms with Gasteiger partial charge >= 0.3 is 5.97 Å². The van der Waals surface area contributed by atoms with Crippen LogP contribution in [0.25, 0.3) is 11.0 Å². The summed E-state index contributed by atoms with van der Waals surface area (Å²) >= 11 is 0. The van der Waals surface area contributed by atoms with Crippen LogP contribution in [0.5, 0.6) is 0 Å². The van der Waals surface area contributed by atoms with E-state index in [4.69, 9.17) is 4.74 Å². The number of fused-ring (bicyclic) bond motifs is 1. The van der Waals surface area contributed by atoms with E-state index in [1.807, 2.05) is 12.3 Å². The van der Waals surface area contributed by atoms with Crippen molar-refractivity contribution in [3.63, 3.8) is 0 Å². The van der Waals surface area contributed by atoms with E-state index in [0.29, 0.717) is 24.2 Å². The van der Waals surface area contributed by atoms with E-state index in [0.717, 1.165) is 43.3 Å². The van der Waals surface area contributed by atoms with Gasteiger partial charge in [-0.2, -0.15) is 10.1 Å². The number of nitrogens with one attached hydrogen (secondary N) is 1. The predicted octanol–water partition coefficient (Wildman–Crippen LogP) is 2.49. The summed E-state index contributed by atoms with van der Waals surface area (Å²) in [7, 11) is 0. The maximum absolute atomic E-state index is 11.6. The highest BCUT2D eigenvalue weighted by Gasteiger charge is 2.20. The van der Waals surface area contributed by atoms with Crippen LogP contribution in [0.4, 0.5) is 11.6 Å². The fourth-order valence-corrected chi connectivity index (χ4v) is 3.77. The highest BCUT2D eigenvalue weighted by molar-refractivity contribution is 5.76. The van der Waals surface area contributed by atoms with Crippen LogP contribution in [-0.4, -0.2) is 48.1 Å². The zero-order valence-electron chi connectivity index (χ0n) is 16.5. The number of aromatic nitrogens is 5. The van der Waals surface area contributed by atoms with E-state index in [-0.39, 0.29) is 18.6 Å². The third-order valence-corrected chi connectivity index (χ3v) is 5.26. The van der Waals surface area contributed by atoms with Crippen LogP contribution in [-0.2, 0) is 22.6 Å². The van der Waals surface area contributed by atoms with E-state index in [9.17, 15) is 9.90 Å².